The van der Waals surface area contributed by atoms with E-state index in [0.29, 0.717) is 19.3 Å². The number of ether oxygens (including phenoxy) is 3. The van der Waals surface area contributed by atoms with Gasteiger partial charge < -0.3 is 19.5 Å². The molecule has 2 aromatic rings. The van der Waals surface area contributed by atoms with Crippen LogP contribution in [0, 0.1) is 0 Å². The minimum atomic E-state index is 0.301. The molecule has 2 rings (SSSR count). The summed E-state index contributed by atoms with van der Waals surface area (Å²) >= 11 is 0. The zero-order chi connectivity index (χ0) is 19.3. The van der Waals surface area contributed by atoms with Crippen molar-refractivity contribution >= 4 is 0 Å². The second-order valence-electron chi connectivity index (χ2n) is 6.58. The molecule has 0 bridgehead atoms. The summed E-state index contributed by atoms with van der Waals surface area (Å²) in [7, 11) is 1.68. The lowest BCUT2D eigenvalue weighted by atomic mass is 10.1. The maximum atomic E-state index is 6.04. The van der Waals surface area contributed by atoms with Crippen LogP contribution in [0.25, 0.3) is 0 Å². The van der Waals surface area contributed by atoms with Crippen molar-refractivity contribution in [2.24, 2.45) is 0 Å². The summed E-state index contributed by atoms with van der Waals surface area (Å²) < 4.78 is 17.1. The zero-order valence-electron chi connectivity index (χ0n) is 16.9. The predicted molar refractivity (Wildman–Crippen MR) is 111 cm³/mol. The van der Waals surface area contributed by atoms with Crippen LogP contribution < -0.4 is 14.8 Å². The van der Waals surface area contributed by atoms with E-state index in [-0.39, 0.29) is 0 Å². The summed E-state index contributed by atoms with van der Waals surface area (Å²) in [6.45, 7) is 7.28. The van der Waals surface area contributed by atoms with E-state index in [0.717, 1.165) is 43.9 Å². The summed E-state index contributed by atoms with van der Waals surface area (Å²) in [6.07, 6.45) is 2.89. The monoisotopic (exact) mass is 371 g/mol. The third kappa shape index (κ3) is 7.61. The number of hydrogen-bond donors (Lipinski definition) is 1. The lowest BCUT2D eigenvalue weighted by Crippen LogP contribution is -2.36. The van der Waals surface area contributed by atoms with Gasteiger partial charge in [-0.3, -0.25) is 0 Å². The molecule has 4 nitrogen and oxygen atoms in total. The quantitative estimate of drug-likeness (QED) is 0.571. The first kappa shape index (κ1) is 21.3. The average Bonchev–Trinajstić information content (AvgIpc) is 2.71. The van der Waals surface area contributed by atoms with Gasteiger partial charge in [-0.15, -0.1) is 0 Å². The smallest absolute Gasteiger partial charge is 0.161 e. The van der Waals surface area contributed by atoms with Crippen LogP contribution in [-0.2, 0) is 17.6 Å². The van der Waals surface area contributed by atoms with Gasteiger partial charge in [0.1, 0.15) is 0 Å². The Morgan fingerprint density at radius 3 is 2.48 bits per heavy atom. The molecule has 0 aromatic heterocycles. The van der Waals surface area contributed by atoms with Crippen molar-refractivity contribution in [2.45, 2.75) is 39.2 Å². The van der Waals surface area contributed by atoms with Gasteiger partial charge >= 0.3 is 0 Å². The van der Waals surface area contributed by atoms with Gasteiger partial charge in [0.2, 0.25) is 0 Å². The third-order valence-corrected chi connectivity index (χ3v) is 4.41. The molecule has 0 amide bonds. The first-order valence-corrected chi connectivity index (χ1v) is 9.91. The van der Waals surface area contributed by atoms with Crippen LogP contribution in [0.1, 0.15) is 31.4 Å². The molecule has 0 saturated heterocycles. The van der Waals surface area contributed by atoms with E-state index in [1.165, 1.54) is 11.1 Å². The molecule has 0 aliphatic rings. The molecule has 1 unspecified atom stereocenters. The Balaban J connectivity index is 1.99. The van der Waals surface area contributed by atoms with Gasteiger partial charge in [-0.25, -0.2) is 0 Å². The van der Waals surface area contributed by atoms with Crippen molar-refractivity contribution in [2.75, 3.05) is 33.5 Å². The second kappa shape index (κ2) is 12.4. The van der Waals surface area contributed by atoms with Crippen LogP contribution in [-0.4, -0.2) is 39.5 Å². The molecule has 1 atom stereocenters. The molecule has 4 heteroatoms. The Hall–Kier alpha value is -2.04. The third-order valence-electron chi connectivity index (χ3n) is 4.41. The van der Waals surface area contributed by atoms with E-state index >= 15 is 0 Å². The number of rotatable bonds is 13. The number of benzene rings is 2. The summed E-state index contributed by atoms with van der Waals surface area (Å²) in [5.41, 5.74) is 2.49. The molecule has 0 fully saturated rings. The Kier molecular flexibility index (Phi) is 9.74. The van der Waals surface area contributed by atoms with Crippen LogP contribution in [0.4, 0.5) is 0 Å². The van der Waals surface area contributed by atoms with Crippen molar-refractivity contribution in [3.05, 3.63) is 59.7 Å². The van der Waals surface area contributed by atoms with E-state index < -0.39 is 0 Å². The summed E-state index contributed by atoms with van der Waals surface area (Å²) in [5, 5.41) is 3.57. The van der Waals surface area contributed by atoms with Crippen molar-refractivity contribution in [3.63, 3.8) is 0 Å². The van der Waals surface area contributed by atoms with Crippen LogP contribution in [0.3, 0.4) is 0 Å². The highest BCUT2D eigenvalue weighted by Crippen LogP contribution is 2.28. The standard InChI is InChI=1S/C23H33NO3/c1-4-14-24-21(18-26-5-2)16-20-11-12-22(25-3)23(17-20)27-15-13-19-9-7-6-8-10-19/h6-12,17,21,24H,4-5,13-16,18H2,1-3H3. The molecular formula is C23H33NO3. The van der Waals surface area contributed by atoms with Crippen molar-refractivity contribution in [1.82, 2.24) is 5.32 Å². The van der Waals surface area contributed by atoms with Crippen molar-refractivity contribution < 1.29 is 14.2 Å². The van der Waals surface area contributed by atoms with Crippen molar-refractivity contribution in [1.29, 1.82) is 0 Å². The lowest BCUT2D eigenvalue weighted by Gasteiger charge is -2.19. The Labute approximate surface area is 163 Å². The summed E-state index contributed by atoms with van der Waals surface area (Å²) in [4.78, 5) is 0. The van der Waals surface area contributed by atoms with Crippen molar-refractivity contribution in [3.8, 4) is 11.5 Å². The SMILES string of the molecule is CCCNC(COCC)Cc1ccc(OC)c(OCCc2ccccc2)c1. The van der Waals surface area contributed by atoms with Gasteiger partial charge in [0.15, 0.2) is 11.5 Å². The Bertz CT molecular complexity index is 637. The normalized spacial score (nSPS) is 12.0. The fourth-order valence-electron chi connectivity index (χ4n) is 2.97. The van der Waals surface area contributed by atoms with E-state index in [9.17, 15) is 0 Å². The lowest BCUT2D eigenvalue weighted by molar-refractivity contribution is 0.122. The molecule has 0 aliphatic heterocycles. The zero-order valence-corrected chi connectivity index (χ0v) is 16.9. The summed E-state index contributed by atoms with van der Waals surface area (Å²) in [6, 6.07) is 16.9. The number of hydrogen-bond acceptors (Lipinski definition) is 4. The largest absolute Gasteiger partial charge is 0.493 e. The maximum absolute atomic E-state index is 6.04. The van der Waals surface area contributed by atoms with Gasteiger partial charge in [-0.05, 0) is 49.6 Å². The fraction of sp³-hybridized carbons (Fsp3) is 0.478. The first-order valence-electron chi connectivity index (χ1n) is 9.91. The van der Waals surface area contributed by atoms with E-state index in [1.54, 1.807) is 7.11 Å². The molecule has 0 heterocycles. The van der Waals surface area contributed by atoms with Crippen LogP contribution in [0.15, 0.2) is 48.5 Å². The molecule has 2 aromatic carbocycles. The molecule has 0 saturated carbocycles. The number of nitrogens with one attached hydrogen (secondary N) is 1. The minimum absolute atomic E-state index is 0.301. The topological polar surface area (TPSA) is 39.7 Å². The maximum Gasteiger partial charge on any atom is 0.161 e. The Morgan fingerprint density at radius 2 is 1.78 bits per heavy atom. The van der Waals surface area contributed by atoms with Crippen LogP contribution in [0.2, 0.25) is 0 Å². The van der Waals surface area contributed by atoms with Crippen LogP contribution >= 0.6 is 0 Å². The van der Waals surface area contributed by atoms with Gasteiger partial charge in [0.25, 0.3) is 0 Å². The molecular weight excluding hydrogens is 338 g/mol. The molecule has 0 aliphatic carbocycles. The predicted octanol–water partition coefficient (Wildman–Crippen LogP) is 4.26. The minimum Gasteiger partial charge on any atom is -0.493 e. The van der Waals surface area contributed by atoms with Gasteiger partial charge in [-0.1, -0.05) is 43.3 Å². The molecule has 0 radical (unpaired) electrons. The molecule has 148 valence electrons. The second-order valence-corrected chi connectivity index (χ2v) is 6.58. The van der Waals surface area contributed by atoms with Gasteiger partial charge in [0.05, 0.1) is 20.3 Å². The summed E-state index contributed by atoms with van der Waals surface area (Å²) in [5.74, 6) is 1.58. The average molecular weight is 372 g/mol. The Morgan fingerprint density at radius 1 is 0.963 bits per heavy atom. The van der Waals surface area contributed by atoms with Gasteiger partial charge in [0, 0.05) is 19.1 Å². The highest BCUT2D eigenvalue weighted by Gasteiger charge is 2.12. The number of methoxy groups -OCH3 is 1. The fourth-order valence-corrected chi connectivity index (χ4v) is 2.97. The van der Waals surface area contributed by atoms with E-state index in [1.807, 2.05) is 19.1 Å². The highest BCUT2D eigenvalue weighted by molar-refractivity contribution is 5.43. The van der Waals surface area contributed by atoms with Gasteiger partial charge in [-0.2, -0.15) is 0 Å². The van der Waals surface area contributed by atoms with Crippen LogP contribution in [0.5, 0.6) is 11.5 Å². The highest BCUT2D eigenvalue weighted by atomic mass is 16.5. The van der Waals surface area contributed by atoms with E-state index in [2.05, 4.69) is 48.6 Å². The first-order chi connectivity index (χ1) is 13.3. The molecule has 1 N–H and O–H groups in total. The van der Waals surface area contributed by atoms with E-state index in [4.69, 9.17) is 14.2 Å². The molecule has 0 spiro atoms. The molecule has 27 heavy (non-hydrogen) atoms.